The van der Waals surface area contributed by atoms with Crippen molar-refractivity contribution < 1.29 is 9.53 Å². The first-order valence-electron chi connectivity index (χ1n) is 8.37. The van der Waals surface area contributed by atoms with E-state index in [9.17, 15) is 9.59 Å². The molecule has 1 aromatic heterocycles. The van der Waals surface area contributed by atoms with Gasteiger partial charge in [0.25, 0.3) is 5.56 Å². The minimum absolute atomic E-state index is 0.217. The third kappa shape index (κ3) is 3.57. The number of nitrogens with zero attached hydrogens (tertiary/aromatic N) is 1. The number of nitrogens with one attached hydrogen (secondary N) is 1. The van der Waals surface area contributed by atoms with E-state index in [0.29, 0.717) is 28.0 Å². The van der Waals surface area contributed by atoms with Crippen LogP contribution in [0.2, 0.25) is 0 Å². The molecule has 0 fully saturated rings. The Kier molecular flexibility index (Phi) is 4.64. The van der Waals surface area contributed by atoms with Crippen molar-refractivity contribution in [1.29, 1.82) is 0 Å². The van der Waals surface area contributed by atoms with E-state index in [0.717, 1.165) is 4.90 Å². The number of carbonyl (C=O) groups excluding carboxylic acids is 1. The molecule has 6 heteroatoms. The molecular formula is C21H16N2O3S. The second-order valence-corrected chi connectivity index (χ2v) is 7.08. The molecule has 1 N–H and O–H groups in total. The third-order valence-electron chi connectivity index (χ3n) is 4.27. The smallest absolute Gasteiger partial charge is 0.337 e. The lowest BCUT2D eigenvalue weighted by Crippen LogP contribution is -2.12. The molecule has 0 aliphatic carbocycles. The van der Waals surface area contributed by atoms with Crippen molar-refractivity contribution in [2.45, 2.75) is 10.6 Å². The maximum Gasteiger partial charge on any atom is 0.337 e. The molecular weight excluding hydrogens is 360 g/mol. The summed E-state index contributed by atoms with van der Waals surface area (Å²) in [4.78, 5) is 32.4. The van der Waals surface area contributed by atoms with Crippen LogP contribution in [0.3, 0.4) is 0 Å². The molecule has 134 valence electrons. The SMILES string of the molecule is COC(=O)c1ccc2c(=O)[nH]c(CSc3ccc4ccccc4c3)nc2c1. The maximum absolute atomic E-state index is 12.3. The zero-order valence-electron chi connectivity index (χ0n) is 14.6. The quantitative estimate of drug-likeness (QED) is 0.428. The van der Waals surface area contributed by atoms with Gasteiger partial charge in [-0.1, -0.05) is 30.3 Å². The van der Waals surface area contributed by atoms with E-state index in [1.807, 2.05) is 12.1 Å². The van der Waals surface area contributed by atoms with Crippen LogP contribution in [0.15, 0.2) is 70.4 Å². The standard InChI is InChI=1S/C21H16N2O3S/c1-26-21(25)15-7-9-17-18(11-15)22-19(23-20(17)24)12-27-16-8-6-13-4-2-3-5-14(13)10-16/h2-11H,12H2,1H3,(H,22,23,24). The van der Waals surface area contributed by atoms with E-state index < -0.39 is 5.97 Å². The second-order valence-electron chi connectivity index (χ2n) is 6.03. The van der Waals surface area contributed by atoms with Gasteiger partial charge in [-0.3, -0.25) is 4.79 Å². The van der Waals surface area contributed by atoms with E-state index in [-0.39, 0.29) is 5.56 Å². The molecule has 3 aromatic carbocycles. The van der Waals surface area contributed by atoms with Crippen LogP contribution in [0.1, 0.15) is 16.2 Å². The first-order chi connectivity index (χ1) is 13.1. The van der Waals surface area contributed by atoms with Crippen molar-refractivity contribution in [3.63, 3.8) is 0 Å². The van der Waals surface area contributed by atoms with Crippen molar-refractivity contribution in [2.75, 3.05) is 7.11 Å². The molecule has 4 aromatic rings. The number of hydrogen-bond acceptors (Lipinski definition) is 5. The third-order valence-corrected chi connectivity index (χ3v) is 5.28. The normalized spacial score (nSPS) is 11.0. The van der Waals surface area contributed by atoms with Crippen molar-refractivity contribution in [3.8, 4) is 0 Å². The number of aromatic nitrogens is 2. The number of methoxy groups -OCH3 is 1. The number of carbonyl (C=O) groups is 1. The number of H-pyrrole nitrogens is 1. The van der Waals surface area contributed by atoms with E-state index >= 15 is 0 Å². The van der Waals surface area contributed by atoms with Gasteiger partial charge in [-0.15, -0.1) is 11.8 Å². The minimum Gasteiger partial charge on any atom is -0.465 e. The lowest BCUT2D eigenvalue weighted by Gasteiger charge is -2.06. The topological polar surface area (TPSA) is 72.1 Å². The van der Waals surface area contributed by atoms with Crippen molar-refractivity contribution in [3.05, 3.63) is 82.4 Å². The Morgan fingerprint density at radius 1 is 1.07 bits per heavy atom. The summed E-state index contributed by atoms with van der Waals surface area (Å²) in [5, 5.41) is 2.81. The van der Waals surface area contributed by atoms with Gasteiger partial charge in [0.15, 0.2) is 0 Å². The maximum atomic E-state index is 12.3. The summed E-state index contributed by atoms with van der Waals surface area (Å²) in [6, 6.07) is 19.2. The van der Waals surface area contributed by atoms with Crippen molar-refractivity contribution in [2.24, 2.45) is 0 Å². The fourth-order valence-corrected chi connectivity index (χ4v) is 3.72. The lowest BCUT2D eigenvalue weighted by atomic mass is 10.1. The first kappa shape index (κ1) is 17.3. The summed E-state index contributed by atoms with van der Waals surface area (Å²) in [6.07, 6.45) is 0. The molecule has 0 spiro atoms. The van der Waals surface area contributed by atoms with Crippen LogP contribution < -0.4 is 5.56 Å². The molecule has 4 rings (SSSR count). The predicted molar refractivity (Wildman–Crippen MR) is 107 cm³/mol. The van der Waals surface area contributed by atoms with Gasteiger partial charge < -0.3 is 9.72 Å². The van der Waals surface area contributed by atoms with Crippen LogP contribution in [0, 0.1) is 0 Å². The predicted octanol–water partition coefficient (Wildman–Crippen LogP) is 4.16. The zero-order chi connectivity index (χ0) is 18.8. The van der Waals surface area contributed by atoms with Gasteiger partial charge in [0.05, 0.1) is 29.3 Å². The Bertz CT molecular complexity index is 1220. The number of esters is 1. The van der Waals surface area contributed by atoms with E-state index in [1.165, 1.54) is 17.9 Å². The molecule has 5 nitrogen and oxygen atoms in total. The average molecular weight is 376 g/mol. The molecule has 0 saturated heterocycles. The number of thioether (sulfide) groups is 1. The number of aromatic amines is 1. The monoisotopic (exact) mass is 376 g/mol. The lowest BCUT2D eigenvalue weighted by molar-refractivity contribution is 0.0601. The van der Waals surface area contributed by atoms with Crippen molar-refractivity contribution >= 4 is 39.4 Å². The van der Waals surface area contributed by atoms with Gasteiger partial charge in [0, 0.05) is 4.90 Å². The highest BCUT2D eigenvalue weighted by atomic mass is 32.2. The molecule has 0 atom stereocenters. The number of hydrogen-bond donors (Lipinski definition) is 1. The summed E-state index contributed by atoms with van der Waals surface area (Å²) in [7, 11) is 1.32. The zero-order valence-corrected chi connectivity index (χ0v) is 15.4. The Hall–Kier alpha value is -3.12. The molecule has 0 saturated carbocycles. The Morgan fingerprint density at radius 2 is 1.89 bits per heavy atom. The molecule has 0 radical (unpaired) electrons. The first-order valence-corrected chi connectivity index (χ1v) is 9.35. The molecule has 0 bridgehead atoms. The summed E-state index contributed by atoms with van der Waals surface area (Å²) in [5.74, 6) is 0.630. The van der Waals surface area contributed by atoms with Crippen LogP contribution in [0.25, 0.3) is 21.7 Å². The molecule has 27 heavy (non-hydrogen) atoms. The Balaban J connectivity index is 1.62. The van der Waals surface area contributed by atoms with Gasteiger partial charge in [0.2, 0.25) is 0 Å². The van der Waals surface area contributed by atoms with Crippen LogP contribution in [0.4, 0.5) is 0 Å². The van der Waals surface area contributed by atoms with Crippen LogP contribution >= 0.6 is 11.8 Å². The van der Waals surface area contributed by atoms with Crippen molar-refractivity contribution in [1.82, 2.24) is 9.97 Å². The van der Waals surface area contributed by atoms with E-state index in [4.69, 9.17) is 4.74 Å². The summed E-state index contributed by atoms with van der Waals surface area (Å²) < 4.78 is 4.73. The van der Waals surface area contributed by atoms with Gasteiger partial charge in [-0.2, -0.15) is 0 Å². The van der Waals surface area contributed by atoms with E-state index in [2.05, 4.69) is 40.3 Å². The molecule has 0 unspecified atom stereocenters. The number of fused-ring (bicyclic) bond motifs is 2. The van der Waals surface area contributed by atoms with Crippen LogP contribution in [0.5, 0.6) is 0 Å². The molecule has 0 amide bonds. The van der Waals surface area contributed by atoms with Crippen LogP contribution in [-0.2, 0) is 10.5 Å². The Labute approximate surface area is 159 Å². The van der Waals surface area contributed by atoms with Crippen LogP contribution in [-0.4, -0.2) is 23.0 Å². The van der Waals surface area contributed by atoms with Gasteiger partial charge in [0.1, 0.15) is 5.82 Å². The second kappa shape index (κ2) is 7.25. The molecule has 0 aliphatic heterocycles. The summed E-state index contributed by atoms with van der Waals surface area (Å²) in [6.45, 7) is 0. The number of ether oxygens (including phenoxy) is 1. The highest BCUT2D eigenvalue weighted by molar-refractivity contribution is 7.98. The highest BCUT2D eigenvalue weighted by Crippen LogP contribution is 2.25. The van der Waals surface area contributed by atoms with Gasteiger partial charge >= 0.3 is 5.97 Å². The fourth-order valence-electron chi connectivity index (χ4n) is 2.91. The molecule has 0 aliphatic rings. The number of rotatable bonds is 4. The van der Waals surface area contributed by atoms with Gasteiger partial charge in [-0.25, -0.2) is 9.78 Å². The average Bonchev–Trinajstić information content (AvgIpc) is 2.71. The largest absolute Gasteiger partial charge is 0.465 e. The van der Waals surface area contributed by atoms with E-state index in [1.54, 1.807) is 30.0 Å². The minimum atomic E-state index is -0.453. The Morgan fingerprint density at radius 3 is 2.70 bits per heavy atom. The summed E-state index contributed by atoms with van der Waals surface area (Å²) >= 11 is 1.60. The summed E-state index contributed by atoms with van der Waals surface area (Å²) in [5.41, 5.74) is 0.637. The van der Waals surface area contributed by atoms with Gasteiger partial charge in [-0.05, 0) is 41.1 Å². The molecule has 1 heterocycles. The number of benzene rings is 3. The highest BCUT2D eigenvalue weighted by Gasteiger charge is 2.10. The fraction of sp³-hybridized carbons (Fsp3) is 0.0952.